The van der Waals surface area contributed by atoms with E-state index in [1.807, 2.05) is 49.5 Å². The summed E-state index contributed by atoms with van der Waals surface area (Å²) in [4.78, 5) is 17.1. The largest absolute Gasteiger partial charge is 0.494 e. The van der Waals surface area contributed by atoms with Crippen LogP contribution in [-0.2, 0) is 0 Å². The molecule has 0 saturated carbocycles. The van der Waals surface area contributed by atoms with Gasteiger partial charge in [-0.3, -0.25) is 9.20 Å². The molecule has 0 spiro atoms. The molecule has 0 unspecified atom stereocenters. The summed E-state index contributed by atoms with van der Waals surface area (Å²) in [5, 5.41) is 2.92. The minimum atomic E-state index is -0.192. The molecular formula is C19H20BrN3O2. The molecule has 0 radical (unpaired) electrons. The third-order valence-electron chi connectivity index (χ3n) is 3.85. The van der Waals surface area contributed by atoms with Crippen molar-refractivity contribution in [1.82, 2.24) is 9.38 Å². The van der Waals surface area contributed by atoms with Gasteiger partial charge in [-0.2, -0.15) is 0 Å². The number of aromatic nitrogens is 2. The van der Waals surface area contributed by atoms with Crippen LogP contribution in [0.4, 0.5) is 5.69 Å². The van der Waals surface area contributed by atoms with Crippen molar-refractivity contribution in [3.05, 3.63) is 58.5 Å². The normalized spacial score (nSPS) is 10.8. The molecule has 3 rings (SSSR count). The van der Waals surface area contributed by atoms with Crippen LogP contribution in [0.15, 0.2) is 47.1 Å². The highest BCUT2D eigenvalue weighted by molar-refractivity contribution is 9.10. The van der Waals surface area contributed by atoms with Gasteiger partial charge in [-0.1, -0.05) is 13.3 Å². The van der Waals surface area contributed by atoms with Gasteiger partial charge >= 0.3 is 0 Å². The summed E-state index contributed by atoms with van der Waals surface area (Å²) in [5.74, 6) is 0.615. The van der Waals surface area contributed by atoms with Crippen LogP contribution in [0.25, 0.3) is 5.65 Å². The van der Waals surface area contributed by atoms with Crippen LogP contribution in [0.1, 0.15) is 35.9 Å². The predicted octanol–water partition coefficient (Wildman–Crippen LogP) is 4.84. The van der Waals surface area contributed by atoms with Crippen molar-refractivity contribution < 1.29 is 9.53 Å². The van der Waals surface area contributed by atoms with Crippen molar-refractivity contribution >= 4 is 33.2 Å². The minimum Gasteiger partial charge on any atom is -0.494 e. The average molecular weight is 402 g/mol. The molecule has 1 aromatic carbocycles. The fraction of sp³-hybridized carbons (Fsp3) is 0.263. The van der Waals surface area contributed by atoms with Crippen molar-refractivity contribution in [3.63, 3.8) is 0 Å². The van der Waals surface area contributed by atoms with Gasteiger partial charge in [0.2, 0.25) is 0 Å². The van der Waals surface area contributed by atoms with E-state index in [-0.39, 0.29) is 5.91 Å². The van der Waals surface area contributed by atoms with Crippen LogP contribution in [0.2, 0.25) is 0 Å². The molecular weight excluding hydrogens is 382 g/mol. The Bertz CT molecular complexity index is 888. The Balaban J connectivity index is 1.76. The number of aryl methyl sites for hydroxylation is 1. The van der Waals surface area contributed by atoms with E-state index >= 15 is 0 Å². The highest BCUT2D eigenvalue weighted by atomic mass is 79.9. The molecule has 130 valence electrons. The Hall–Kier alpha value is -2.34. The second-order valence-corrected chi connectivity index (χ2v) is 6.72. The molecule has 0 atom stereocenters. The summed E-state index contributed by atoms with van der Waals surface area (Å²) in [6, 6.07) is 11.2. The Labute approximate surface area is 155 Å². The number of hydrogen-bond acceptors (Lipinski definition) is 3. The molecule has 0 saturated heterocycles. The number of anilines is 1. The summed E-state index contributed by atoms with van der Waals surface area (Å²) >= 11 is 3.43. The van der Waals surface area contributed by atoms with Gasteiger partial charge in [0.25, 0.3) is 5.91 Å². The smallest absolute Gasteiger partial charge is 0.274 e. The van der Waals surface area contributed by atoms with Crippen LogP contribution in [0.3, 0.4) is 0 Å². The van der Waals surface area contributed by atoms with Gasteiger partial charge in [-0.25, -0.2) is 4.98 Å². The number of ether oxygens (including phenoxy) is 1. The number of nitrogens with zero attached hydrogens (tertiary/aromatic N) is 2. The Morgan fingerprint density at radius 2 is 2.00 bits per heavy atom. The number of amides is 1. The first kappa shape index (κ1) is 17.5. The number of benzene rings is 1. The molecule has 1 N–H and O–H groups in total. The maximum Gasteiger partial charge on any atom is 0.274 e. The van der Waals surface area contributed by atoms with Gasteiger partial charge in [0.15, 0.2) is 0 Å². The maximum absolute atomic E-state index is 12.7. The summed E-state index contributed by atoms with van der Waals surface area (Å²) in [6.45, 7) is 4.67. The van der Waals surface area contributed by atoms with Crippen molar-refractivity contribution in [2.24, 2.45) is 0 Å². The van der Waals surface area contributed by atoms with E-state index in [2.05, 4.69) is 33.2 Å². The van der Waals surface area contributed by atoms with E-state index in [0.717, 1.165) is 34.4 Å². The molecule has 5 nitrogen and oxygen atoms in total. The van der Waals surface area contributed by atoms with E-state index in [9.17, 15) is 4.79 Å². The first-order chi connectivity index (χ1) is 12.1. The minimum absolute atomic E-state index is 0.192. The van der Waals surface area contributed by atoms with Crippen LogP contribution in [0, 0.1) is 6.92 Å². The number of unbranched alkanes of at least 4 members (excludes halogenated alkanes) is 1. The SMILES string of the molecule is CCCCOc1ccc(NC(=O)c2c(C)nc3ccc(Br)cn23)cc1. The highest BCUT2D eigenvalue weighted by Crippen LogP contribution is 2.20. The number of halogens is 1. The number of rotatable bonds is 6. The van der Waals surface area contributed by atoms with Crippen LogP contribution in [-0.4, -0.2) is 21.9 Å². The monoisotopic (exact) mass is 401 g/mol. The van der Waals surface area contributed by atoms with E-state index in [1.165, 1.54) is 0 Å². The van der Waals surface area contributed by atoms with Gasteiger partial charge in [0.05, 0.1) is 12.3 Å². The molecule has 25 heavy (non-hydrogen) atoms. The number of nitrogens with one attached hydrogen (secondary N) is 1. The van der Waals surface area contributed by atoms with Crippen molar-refractivity contribution in [3.8, 4) is 5.75 Å². The second-order valence-electron chi connectivity index (χ2n) is 5.80. The lowest BCUT2D eigenvalue weighted by atomic mass is 10.2. The van der Waals surface area contributed by atoms with Crippen LogP contribution in [0.5, 0.6) is 5.75 Å². The zero-order chi connectivity index (χ0) is 17.8. The maximum atomic E-state index is 12.7. The lowest BCUT2D eigenvalue weighted by Gasteiger charge is -2.08. The van der Waals surface area contributed by atoms with E-state index in [0.29, 0.717) is 18.0 Å². The lowest BCUT2D eigenvalue weighted by molar-refractivity contribution is 0.102. The Morgan fingerprint density at radius 1 is 1.24 bits per heavy atom. The summed E-state index contributed by atoms with van der Waals surface area (Å²) in [6.07, 6.45) is 3.97. The molecule has 0 aliphatic carbocycles. The summed E-state index contributed by atoms with van der Waals surface area (Å²) < 4.78 is 8.31. The molecule has 2 aromatic heterocycles. The Kier molecular flexibility index (Phi) is 5.38. The quantitative estimate of drug-likeness (QED) is 0.601. The molecule has 3 aromatic rings. The molecule has 0 fully saturated rings. The average Bonchev–Trinajstić information content (AvgIpc) is 2.91. The fourth-order valence-corrected chi connectivity index (χ4v) is 2.91. The number of carbonyl (C=O) groups excluding carboxylic acids is 1. The standard InChI is InChI=1S/C19H20BrN3O2/c1-3-4-11-25-16-8-6-15(7-9-16)22-19(24)18-13(2)21-17-10-5-14(20)12-23(17)18/h5-10,12H,3-4,11H2,1-2H3,(H,22,24). The zero-order valence-electron chi connectivity index (χ0n) is 14.3. The van der Waals surface area contributed by atoms with Crippen molar-refractivity contribution in [2.45, 2.75) is 26.7 Å². The van der Waals surface area contributed by atoms with Gasteiger partial charge in [-0.15, -0.1) is 0 Å². The third kappa shape index (κ3) is 4.02. The number of hydrogen-bond donors (Lipinski definition) is 1. The van der Waals surface area contributed by atoms with Gasteiger partial charge in [-0.05, 0) is 65.7 Å². The van der Waals surface area contributed by atoms with E-state index in [4.69, 9.17) is 4.74 Å². The van der Waals surface area contributed by atoms with Crippen molar-refractivity contribution in [2.75, 3.05) is 11.9 Å². The molecule has 0 bridgehead atoms. The number of fused-ring (bicyclic) bond motifs is 1. The van der Waals surface area contributed by atoms with Crippen LogP contribution >= 0.6 is 15.9 Å². The third-order valence-corrected chi connectivity index (χ3v) is 4.32. The molecule has 6 heteroatoms. The highest BCUT2D eigenvalue weighted by Gasteiger charge is 2.17. The van der Waals surface area contributed by atoms with E-state index < -0.39 is 0 Å². The Morgan fingerprint density at radius 3 is 2.72 bits per heavy atom. The topological polar surface area (TPSA) is 55.6 Å². The predicted molar refractivity (Wildman–Crippen MR) is 102 cm³/mol. The lowest BCUT2D eigenvalue weighted by Crippen LogP contribution is -2.15. The number of pyridine rings is 1. The number of imidazole rings is 1. The van der Waals surface area contributed by atoms with Gasteiger partial charge in [0, 0.05) is 16.4 Å². The van der Waals surface area contributed by atoms with E-state index in [1.54, 1.807) is 4.40 Å². The van der Waals surface area contributed by atoms with Gasteiger partial charge < -0.3 is 10.1 Å². The molecule has 0 aliphatic rings. The number of carbonyl (C=O) groups is 1. The molecule has 1 amide bonds. The molecule has 0 aliphatic heterocycles. The van der Waals surface area contributed by atoms with Crippen LogP contribution < -0.4 is 10.1 Å². The van der Waals surface area contributed by atoms with Crippen molar-refractivity contribution in [1.29, 1.82) is 0 Å². The fourth-order valence-electron chi connectivity index (χ4n) is 2.57. The van der Waals surface area contributed by atoms with Gasteiger partial charge in [0.1, 0.15) is 17.1 Å². The first-order valence-corrected chi connectivity index (χ1v) is 9.06. The summed E-state index contributed by atoms with van der Waals surface area (Å²) in [7, 11) is 0. The molecule has 2 heterocycles. The first-order valence-electron chi connectivity index (χ1n) is 8.27. The summed E-state index contributed by atoms with van der Waals surface area (Å²) in [5.41, 5.74) is 2.68. The second kappa shape index (κ2) is 7.70. The zero-order valence-corrected chi connectivity index (χ0v) is 15.8.